The van der Waals surface area contributed by atoms with Crippen LogP contribution in [0.5, 0.6) is 17.2 Å². The van der Waals surface area contributed by atoms with Crippen LogP contribution in [0.2, 0.25) is 0 Å². The molecular weight excluding hydrogens is 324 g/mol. The van der Waals surface area contributed by atoms with E-state index in [1.807, 2.05) is 6.08 Å². The third-order valence-corrected chi connectivity index (χ3v) is 4.71. The Hall–Kier alpha value is -3.15. The standard InChI is InChI=1S/C19H14O6/c1-21-10-4-3-5-11-15(10)17(20)16-12(22-2)8-13-14(18(16)24-11)9-6-7-23-19(9)25-13/h3-9,19H,1-2H3. The third kappa shape index (κ3) is 1.76. The highest BCUT2D eigenvalue weighted by atomic mass is 16.7. The van der Waals surface area contributed by atoms with Gasteiger partial charge in [0.25, 0.3) is 6.29 Å². The number of benzene rings is 2. The van der Waals surface area contributed by atoms with E-state index < -0.39 is 6.29 Å². The second-order valence-electron chi connectivity index (χ2n) is 5.94. The summed E-state index contributed by atoms with van der Waals surface area (Å²) in [5.41, 5.74) is 1.53. The summed E-state index contributed by atoms with van der Waals surface area (Å²) in [4.78, 5) is 13.2. The zero-order valence-electron chi connectivity index (χ0n) is 13.6. The number of rotatable bonds is 2. The Bertz CT molecular complexity index is 1110. The quantitative estimate of drug-likeness (QED) is 0.668. The van der Waals surface area contributed by atoms with Gasteiger partial charge >= 0.3 is 0 Å². The van der Waals surface area contributed by atoms with Crippen LogP contribution >= 0.6 is 0 Å². The fourth-order valence-electron chi connectivity index (χ4n) is 3.59. The lowest BCUT2D eigenvalue weighted by molar-refractivity contribution is -0.00484. The van der Waals surface area contributed by atoms with Crippen molar-refractivity contribution in [3.05, 3.63) is 52.4 Å². The van der Waals surface area contributed by atoms with Crippen molar-refractivity contribution < 1.29 is 23.4 Å². The van der Waals surface area contributed by atoms with E-state index in [2.05, 4.69) is 0 Å². The molecular formula is C19H14O6. The third-order valence-electron chi connectivity index (χ3n) is 4.71. The first-order chi connectivity index (χ1) is 12.2. The number of hydrogen-bond donors (Lipinski definition) is 0. The average Bonchev–Trinajstić information content (AvgIpc) is 3.20. The Labute approximate surface area is 142 Å². The van der Waals surface area contributed by atoms with E-state index in [4.69, 9.17) is 23.4 Å². The highest BCUT2D eigenvalue weighted by molar-refractivity contribution is 5.98. The van der Waals surface area contributed by atoms with Gasteiger partial charge < -0.3 is 23.4 Å². The lowest BCUT2D eigenvalue weighted by atomic mass is 9.97. The van der Waals surface area contributed by atoms with Crippen LogP contribution in [0.25, 0.3) is 21.9 Å². The Morgan fingerprint density at radius 1 is 1.08 bits per heavy atom. The van der Waals surface area contributed by atoms with E-state index in [-0.39, 0.29) is 11.3 Å². The van der Waals surface area contributed by atoms with Crippen LogP contribution in [0, 0.1) is 0 Å². The van der Waals surface area contributed by atoms with Crippen molar-refractivity contribution in [3.63, 3.8) is 0 Å². The van der Waals surface area contributed by atoms with Gasteiger partial charge in [-0.2, -0.15) is 0 Å². The molecule has 5 rings (SSSR count). The fraction of sp³-hybridized carbons (Fsp3) is 0.211. The molecule has 2 unspecified atom stereocenters. The molecule has 3 aromatic rings. The number of hydrogen-bond acceptors (Lipinski definition) is 6. The van der Waals surface area contributed by atoms with Crippen molar-refractivity contribution in [3.8, 4) is 17.2 Å². The van der Waals surface area contributed by atoms with Gasteiger partial charge in [0.1, 0.15) is 39.2 Å². The molecule has 25 heavy (non-hydrogen) atoms. The van der Waals surface area contributed by atoms with Gasteiger partial charge in [0.15, 0.2) is 0 Å². The smallest absolute Gasteiger partial charge is 0.250 e. The molecule has 2 aliphatic rings. The zero-order chi connectivity index (χ0) is 17.1. The first-order valence-corrected chi connectivity index (χ1v) is 7.86. The van der Waals surface area contributed by atoms with Crippen LogP contribution in [0.15, 0.2) is 45.8 Å². The maximum atomic E-state index is 13.2. The Morgan fingerprint density at radius 2 is 1.92 bits per heavy atom. The predicted molar refractivity (Wildman–Crippen MR) is 90.5 cm³/mol. The van der Waals surface area contributed by atoms with Gasteiger partial charge in [0, 0.05) is 6.07 Å². The maximum absolute atomic E-state index is 13.2. The summed E-state index contributed by atoms with van der Waals surface area (Å²) in [6, 6.07) is 6.98. The monoisotopic (exact) mass is 338 g/mol. The van der Waals surface area contributed by atoms with E-state index in [0.29, 0.717) is 39.2 Å². The first-order valence-electron chi connectivity index (χ1n) is 7.86. The minimum absolute atomic E-state index is 0.116. The summed E-state index contributed by atoms with van der Waals surface area (Å²) in [6.45, 7) is 0. The molecule has 0 amide bonds. The number of ether oxygens (including phenoxy) is 4. The molecule has 3 heterocycles. The van der Waals surface area contributed by atoms with Crippen molar-refractivity contribution in [1.82, 2.24) is 0 Å². The highest BCUT2D eigenvalue weighted by Gasteiger charge is 2.40. The van der Waals surface area contributed by atoms with Crippen LogP contribution in [0.4, 0.5) is 0 Å². The summed E-state index contributed by atoms with van der Waals surface area (Å²) >= 11 is 0. The number of fused-ring (bicyclic) bond motifs is 6. The van der Waals surface area contributed by atoms with Crippen molar-refractivity contribution in [2.75, 3.05) is 14.2 Å². The van der Waals surface area contributed by atoms with Gasteiger partial charge in [-0.15, -0.1) is 0 Å². The molecule has 0 aliphatic carbocycles. The summed E-state index contributed by atoms with van der Waals surface area (Å²) in [5, 5.41) is 0.771. The lowest BCUT2D eigenvalue weighted by Crippen LogP contribution is -2.14. The van der Waals surface area contributed by atoms with E-state index in [1.165, 1.54) is 14.2 Å². The van der Waals surface area contributed by atoms with Crippen molar-refractivity contribution in [1.29, 1.82) is 0 Å². The van der Waals surface area contributed by atoms with Crippen molar-refractivity contribution in [2.24, 2.45) is 0 Å². The average molecular weight is 338 g/mol. The van der Waals surface area contributed by atoms with Gasteiger partial charge in [-0.05, 0) is 18.2 Å². The van der Waals surface area contributed by atoms with E-state index in [0.717, 1.165) is 5.56 Å². The minimum Gasteiger partial charge on any atom is -0.496 e. The maximum Gasteiger partial charge on any atom is 0.250 e. The van der Waals surface area contributed by atoms with Gasteiger partial charge in [-0.3, -0.25) is 4.79 Å². The predicted octanol–water partition coefficient (Wildman–Crippen LogP) is 3.31. The summed E-state index contributed by atoms with van der Waals surface area (Å²) in [5.74, 6) is 1.36. The second-order valence-corrected chi connectivity index (χ2v) is 5.94. The number of methoxy groups -OCH3 is 2. The molecule has 0 saturated carbocycles. The van der Waals surface area contributed by atoms with E-state index in [1.54, 1.807) is 30.5 Å². The Kier molecular flexibility index (Phi) is 2.80. The van der Waals surface area contributed by atoms with Crippen molar-refractivity contribution >= 4 is 21.9 Å². The molecule has 0 spiro atoms. The van der Waals surface area contributed by atoms with Gasteiger partial charge in [-0.1, -0.05) is 6.07 Å². The molecule has 0 bridgehead atoms. The molecule has 0 saturated heterocycles. The van der Waals surface area contributed by atoms with Gasteiger partial charge in [0.2, 0.25) is 5.43 Å². The van der Waals surface area contributed by atoms with Crippen LogP contribution < -0.4 is 19.6 Å². The molecule has 0 N–H and O–H groups in total. The summed E-state index contributed by atoms with van der Waals surface area (Å²) in [7, 11) is 3.04. The summed E-state index contributed by atoms with van der Waals surface area (Å²) < 4.78 is 28.2. The minimum atomic E-state index is -0.434. The van der Waals surface area contributed by atoms with Crippen LogP contribution in [-0.2, 0) is 4.74 Å². The van der Waals surface area contributed by atoms with Crippen LogP contribution in [0.3, 0.4) is 0 Å². The molecule has 2 aromatic carbocycles. The normalized spacial score (nSPS) is 20.2. The van der Waals surface area contributed by atoms with Gasteiger partial charge in [-0.25, -0.2) is 0 Å². The molecule has 0 radical (unpaired) electrons. The first kappa shape index (κ1) is 14.2. The fourth-order valence-corrected chi connectivity index (χ4v) is 3.59. The van der Waals surface area contributed by atoms with Crippen molar-refractivity contribution in [2.45, 2.75) is 12.2 Å². The van der Waals surface area contributed by atoms with Crippen LogP contribution in [-0.4, -0.2) is 20.5 Å². The van der Waals surface area contributed by atoms with E-state index >= 15 is 0 Å². The Morgan fingerprint density at radius 3 is 2.72 bits per heavy atom. The van der Waals surface area contributed by atoms with E-state index in [9.17, 15) is 4.79 Å². The second kappa shape index (κ2) is 4.92. The highest BCUT2D eigenvalue weighted by Crippen LogP contribution is 2.48. The molecule has 1 aromatic heterocycles. The lowest BCUT2D eigenvalue weighted by Gasteiger charge is -2.12. The zero-order valence-corrected chi connectivity index (χ0v) is 13.6. The summed E-state index contributed by atoms with van der Waals surface area (Å²) in [6.07, 6.45) is 3.07. The molecule has 6 heteroatoms. The SMILES string of the molecule is COc1cccc2oc3c4c(cc(OC)c3c(=O)c12)OC1OC=CC41. The van der Waals surface area contributed by atoms with Crippen LogP contribution in [0.1, 0.15) is 11.5 Å². The Balaban J connectivity index is 1.98. The topological polar surface area (TPSA) is 67.1 Å². The molecule has 0 fully saturated rings. The molecule has 126 valence electrons. The largest absolute Gasteiger partial charge is 0.496 e. The molecule has 6 nitrogen and oxygen atoms in total. The van der Waals surface area contributed by atoms with Gasteiger partial charge in [0.05, 0.1) is 32.0 Å². The molecule has 2 atom stereocenters. The molecule has 2 aliphatic heterocycles.